The fourth-order valence-corrected chi connectivity index (χ4v) is 3.84. The molecule has 2 N–H and O–H groups in total. The van der Waals surface area contributed by atoms with E-state index in [1.54, 1.807) is 42.5 Å². The van der Waals surface area contributed by atoms with Crippen molar-refractivity contribution < 1.29 is 24.6 Å². The number of aliphatic hydroxyl groups excluding tert-OH is 1. The lowest BCUT2D eigenvalue weighted by atomic mass is 10.1. The van der Waals surface area contributed by atoms with Crippen LogP contribution in [-0.2, 0) is 9.59 Å². The Labute approximate surface area is 182 Å². The highest BCUT2D eigenvalue weighted by Gasteiger charge is 2.37. The molecule has 0 saturated carbocycles. The molecule has 3 amide bonds. The Bertz CT molecular complexity index is 1010. The van der Waals surface area contributed by atoms with Crippen molar-refractivity contribution in [3.8, 4) is 5.75 Å². The number of phenolic OH excluding ortho intramolecular Hbond substituents is 1. The molecule has 0 bridgehead atoms. The van der Waals surface area contributed by atoms with Crippen LogP contribution in [0.2, 0.25) is 5.02 Å². The van der Waals surface area contributed by atoms with Gasteiger partial charge < -0.3 is 15.1 Å². The van der Waals surface area contributed by atoms with Gasteiger partial charge in [-0.15, -0.1) is 0 Å². The minimum atomic E-state index is -0.975. The first-order valence-corrected chi connectivity index (χ1v) is 10.2. The summed E-state index contributed by atoms with van der Waals surface area (Å²) in [4.78, 5) is 39.7. The summed E-state index contributed by atoms with van der Waals surface area (Å²) in [6, 6.07) is 12.8. The number of aliphatic hydroxyl groups is 1. The minimum Gasteiger partial charge on any atom is -0.508 e. The lowest BCUT2D eigenvalue weighted by molar-refractivity contribution is -0.135. The first-order chi connectivity index (χ1) is 14.2. The zero-order chi connectivity index (χ0) is 21.8. The van der Waals surface area contributed by atoms with Crippen LogP contribution < -0.4 is 0 Å². The van der Waals surface area contributed by atoms with E-state index in [1.165, 1.54) is 24.1 Å². The molecule has 1 fully saturated rings. The summed E-state index contributed by atoms with van der Waals surface area (Å²) < 4.78 is 0. The van der Waals surface area contributed by atoms with Crippen LogP contribution in [0.15, 0.2) is 53.4 Å². The molecule has 2 aromatic rings. The molecule has 1 atom stereocenters. The van der Waals surface area contributed by atoms with Gasteiger partial charge in [-0.05, 0) is 53.2 Å². The maximum atomic E-state index is 12.6. The maximum Gasteiger partial charge on any atom is 0.294 e. The van der Waals surface area contributed by atoms with Gasteiger partial charge >= 0.3 is 0 Å². The normalized spacial score (nSPS) is 16.2. The van der Waals surface area contributed by atoms with E-state index < -0.39 is 29.7 Å². The number of hydrogen-bond donors (Lipinski definition) is 2. The number of benzene rings is 2. The molecule has 1 heterocycles. The predicted molar refractivity (Wildman–Crippen MR) is 115 cm³/mol. The van der Waals surface area contributed by atoms with E-state index in [0.29, 0.717) is 16.1 Å². The van der Waals surface area contributed by atoms with Crippen molar-refractivity contribution >= 4 is 46.5 Å². The molecule has 1 aliphatic rings. The van der Waals surface area contributed by atoms with Crippen LogP contribution in [-0.4, -0.2) is 57.2 Å². The summed E-state index contributed by atoms with van der Waals surface area (Å²) in [5.74, 6) is -0.967. The summed E-state index contributed by atoms with van der Waals surface area (Å²) >= 11 is 6.70. The van der Waals surface area contributed by atoms with Gasteiger partial charge in [0.15, 0.2) is 0 Å². The lowest BCUT2D eigenvalue weighted by Gasteiger charge is -2.23. The van der Waals surface area contributed by atoms with Crippen LogP contribution in [0.25, 0.3) is 6.08 Å². The molecule has 1 saturated heterocycles. The lowest BCUT2D eigenvalue weighted by Crippen LogP contribution is -2.41. The van der Waals surface area contributed by atoms with Crippen molar-refractivity contribution in [1.29, 1.82) is 0 Å². The van der Waals surface area contributed by atoms with Gasteiger partial charge in [0.05, 0.1) is 17.6 Å². The number of rotatable bonds is 6. The molecule has 30 heavy (non-hydrogen) atoms. The van der Waals surface area contributed by atoms with Gasteiger partial charge in [-0.1, -0.05) is 35.9 Å². The molecule has 0 aromatic heterocycles. The van der Waals surface area contributed by atoms with Gasteiger partial charge in [-0.25, -0.2) is 0 Å². The zero-order valence-electron chi connectivity index (χ0n) is 16.0. The second-order valence-corrected chi connectivity index (χ2v) is 8.13. The van der Waals surface area contributed by atoms with E-state index in [2.05, 4.69) is 0 Å². The van der Waals surface area contributed by atoms with Crippen molar-refractivity contribution in [1.82, 2.24) is 9.80 Å². The van der Waals surface area contributed by atoms with Crippen LogP contribution in [0.3, 0.4) is 0 Å². The smallest absolute Gasteiger partial charge is 0.294 e. The Morgan fingerprint density at radius 1 is 1.23 bits per heavy atom. The Hall–Kier alpha value is -2.81. The summed E-state index contributed by atoms with van der Waals surface area (Å²) in [5.41, 5.74) is 1.21. The third kappa shape index (κ3) is 5.21. The van der Waals surface area contributed by atoms with Gasteiger partial charge in [0.2, 0.25) is 5.91 Å². The number of carbonyl (C=O) groups is 3. The number of thioether (sulfide) groups is 1. The monoisotopic (exact) mass is 446 g/mol. The second kappa shape index (κ2) is 9.34. The van der Waals surface area contributed by atoms with Crippen LogP contribution in [0.4, 0.5) is 4.79 Å². The number of nitrogens with zero attached hydrogens (tertiary/aromatic N) is 2. The van der Waals surface area contributed by atoms with Crippen molar-refractivity contribution in [3.63, 3.8) is 0 Å². The number of likely N-dealkylation sites (N-methyl/N-ethyl adjacent to an activating group) is 1. The SMILES string of the molecule is CN(C[C@@H](O)c1ccc(O)cc1)C(=O)CN1C(=O)S/C(=C\c2cccc(Cl)c2)C1=O. The van der Waals surface area contributed by atoms with Crippen LogP contribution in [0, 0.1) is 0 Å². The topological polar surface area (TPSA) is 98.2 Å². The Morgan fingerprint density at radius 2 is 1.93 bits per heavy atom. The van der Waals surface area contributed by atoms with Gasteiger partial charge in [0, 0.05) is 12.1 Å². The van der Waals surface area contributed by atoms with Crippen molar-refractivity contribution in [2.75, 3.05) is 20.1 Å². The molecular formula is C21H19ClN2O5S. The van der Waals surface area contributed by atoms with Gasteiger partial charge in [0.1, 0.15) is 12.3 Å². The molecule has 2 aromatic carbocycles. The highest BCUT2D eigenvalue weighted by Crippen LogP contribution is 2.32. The van der Waals surface area contributed by atoms with Gasteiger partial charge in [-0.2, -0.15) is 0 Å². The summed E-state index contributed by atoms with van der Waals surface area (Å²) in [7, 11) is 1.48. The molecule has 7 nitrogen and oxygen atoms in total. The number of carbonyl (C=O) groups excluding carboxylic acids is 3. The molecular weight excluding hydrogens is 428 g/mol. The molecule has 3 rings (SSSR count). The second-order valence-electron chi connectivity index (χ2n) is 6.70. The standard InChI is InChI=1S/C21H19ClN2O5S/c1-23(11-17(26)14-5-7-16(25)8-6-14)19(27)12-24-20(28)18(30-21(24)29)10-13-3-2-4-15(22)9-13/h2-10,17,25-26H,11-12H2,1H3/b18-10-/t17-/m1/s1. The summed E-state index contributed by atoms with van der Waals surface area (Å²) in [6.45, 7) is -0.450. The predicted octanol–water partition coefficient (Wildman–Crippen LogP) is 3.27. The minimum absolute atomic E-state index is 0.0296. The number of aromatic hydroxyl groups is 1. The molecule has 156 valence electrons. The number of imide groups is 1. The Morgan fingerprint density at radius 3 is 2.60 bits per heavy atom. The highest BCUT2D eigenvalue weighted by atomic mass is 35.5. The van der Waals surface area contributed by atoms with Crippen LogP contribution in [0.5, 0.6) is 5.75 Å². The summed E-state index contributed by atoms with van der Waals surface area (Å²) in [5, 5.41) is 19.6. The molecule has 9 heteroatoms. The molecule has 0 radical (unpaired) electrons. The average Bonchev–Trinajstić information content (AvgIpc) is 2.95. The average molecular weight is 447 g/mol. The van der Waals surface area contributed by atoms with Crippen molar-refractivity contribution in [2.24, 2.45) is 0 Å². The van der Waals surface area contributed by atoms with E-state index in [-0.39, 0.29) is 17.2 Å². The van der Waals surface area contributed by atoms with E-state index in [1.807, 2.05) is 0 Å². The highest BCUT2D eigenvalue weighted by molar-refractivity contribution is 8.18. The van der Waals surface area contributed by atoms with Gasteiger partial charge in [-0.3, -0.25) is 19.3 Å². The van der Waals surface area contributed by atoms with Crippen LogP contribution in [0.1, 0.15) is 17.2 Å². The van der Waals surface area contributed by atoms with Crippen LogP contribution >= 0.6 is 23.4 Å². The molecule has 0 unspecified atom stereocenters. The van der Waals surface area contributed by atoms with E-state index >= 15 is 0 Å². The fourth-order valence-electron chi connectivity index (χ4n) is 2.80. The first kappa shape index (κ1) is 21.9. The fraction of sp³-hybridized carbons (Fsp3) is 0.190. The largest absolute Gasteiger partial charge is 0.508 e. The number of halogens is 1. The number of phenols is 1. The number of hydrogen-bond acceptors (Lipinski definition) is 6. The molecule has 1 aliphatic heterocycles. The van der Waals surface area contributed by atoms with Crippen molar-refractivity contribution in [3.05, 3.63) is 69.6 Å². The zero-order valence-corrected chi connectivity index (χ0v) is 17.6. The maximum absolute atomic E-state index is 12.6. The third-order valence-corrected chi connectivity index (χ3v) is 5.61. The quantitative estimate of drug-likeness (QED) is 0.661. The number of amides is 3. The van der Waals surface area contributed by atoms with E-state index in [0.717, 1.165) is 16.7 Å². The first-order valence-electron chi connectivity index (χ1n) is 8.96. The molecule has 0 aliphatic carbocycles. The van der Waals surface area contributed by atoms with E-state index in [4.69, 9.17) is 11.6 Å². The van der Waals surface area contributed by atoms with E-state index in [9.17, 15) is 24.6 Å². The van der Waals surface area contributed by atoms with Gasteiger partial charge in [0.25, 0.3) is 11.1 Å². The molecule has 0 spiro atoms. The Balaban J connectivity index is 1.63. The Kier molecular flexibility index (Phi) is 6.81. The van der Waals surface area contributed by atoms with Crippen molar-refractivity contribution in [2.45, 2.75) is 6.10 Å². The summed E-state index contributed by atoms with van der Waals surface area (Å²) in [6.07, 6.45) is 0.580. The third-order valence-electron chi connectivity index (χ3n) is 4.46.